The lowest BCUT2D eigenvalue weighted by molar-refractivity contribution is -0.120. The van der Waals surface area contributed by atoms with E-state index >= 15 is 4.39 Å². The third kappa shape index (κ3) is 5.29. The first kappa shape index (κ1) is 24.8. The molecule has 190 valence electrons. The Labute approximate surface area is 217 Å². The van der Waals surface area contributed by atoms with Gasteiger partial charge in [0.25, 0.3) is 0 Å². The number of nitrogens with one attached hydrogen (secondary N) is 2. The molecule has 0 aromatic heterocycles. The Kier molecular flexibility index (Phi) is 6.83. The minimum absolute atomic E-state index is 0.0140. The van der Waals surface area contributed by atoms with E-state index in [-0.39, 0.29) is 23.7 Å². The Morgan fingerprint density at radius 1 is 1.00 bits per heavy atom. The molecule has 0 fully saturated rings. The van der Waals surface area contributed by atoms with Crippen LogP contribution in [0.15, 0.2) is 90.1 Å². The van der Waals surface area contributed by atoms with Gasteiger partial charge in [-0.2, -0.15) is 0 Å². The molecule has 0 saturated carbocycles. The van der Waals surface area contributed by atoms with Gasteiger partial charge in [-0.05, 0) is 42.0 Å². The number of amides is 1. The first-order valence-electron chi connectivity index (χ1n) is 12.8. The number of carbonyl (C=O) groups is 2. The summed E-state index contributed by atoms with van der Waals surface area (Å²) in [5, 5.41) is 6.51. The largest absolute Gasteiger partial charge is 0.357 e. The minimum atomic E-state index is -0.726. The molecule has 37 heavy (non-hydrogen) atoms. The summed E-state index contributed by atoms with van der Waals surface area (Å²) >= 11 is 0. The molecule has 1 unspecified atom stereocenters. The van der Waals surface area contributed by atoms with Crippen LogP contribution in [-0.4, -0.2) is 24.8 Å². The first-order valence-corrected chi connectivity index (χ1v) is 12.8. The summed E-state index contributed by atoms with van der Waals surface area (Å²) in [4.78, 5) is 28.8. The van der Waals surface area contributed by atoms with E-state index in [1.165, 1.54) is 6.07 Å². The molecule has 2 aliphatic rings. The summed E-state index contributed by atoms with van der Waals surface area (Å²) in [6.45, 7) is 4.62. The van der Waals surface area contributed by atoms with Gasteiger partial charge in [0.2, 0.25) is 5.91 Å². The van der Waals surface area contributed by atoms with Crippen molar-refractivity contribution in [2.45, 2.75) is 39.2 Å². The predicted molar refractivity (Wildman–Crippen MR) is 145 cm³/mol. The Bertz CT molecular complexity index is 1350. The van der Waals surface area contributed by atoms with Crippen molar-refractivity contribution >= 4 is 23.1 Å². The van der Waals surface area contributed by atoms with Crippen LogP contribution in [0.1, 0.15) is 43.9 Å². The van der Waals surface area contributed by atoms with E-state index in [1.54, 1.807) is 18.2 Å². The number of allylic oxidation sites excluding steroid dienone is 1. The normalized spacial score (nSPS) is 18.4. The molecule has 3 aromatic carbocycles. The van der Waals surface area contributed by atoms with E-state index in [2.05, 4.69) is 24.5 Å². The summed E-state index contributed by atoms with van der Waals surface area (Å²) in [5.41, 5.74) is 4.21. The van der Waals surface area contributed by atoms with Gasteiger partial charge in [-0.15, -0.1) is 0 Å². The predicted octanol–water partition coefficient (Wildman–Crippen LogP) is 5.80. The Balaban J connectivity index is 1.54. The maximum absolute atomic E-state index is 15.3. The lowest BCUT2D eigenvalue weighted by Gasteiger charge is -2.38. The SMILES string of the molecule is CC1(C)CC(=O)C2=C(C1)Nc1ccccc1N(CC(=O)NCCc1ccccc1)C2c1ccccc1F. The lowest BCUT2D eigenvalue weighted by Crippen LogP contribution is -2.42. The van der Waals surface area contributed by atoms with Gasteiger partial charge in [0.05, 0.1) is 24.0 Å². The van der Waals surface area contributed by atoms with E-state index in [0.29, 0.717) is 36.9 Å². The van der Waals surface area contributed by atoms with Gasteiger partial charge in [0.15, 0.2) is 5.78 Å². The number of hydrogen-bond acceptors (Lipinski definition) is 4. The van der Waals surface area contributed by atoms with Gasteiger partial charge in [-0.1, -0.05) is 74.5 Å². The number of rotatable bonds is 6. The highest BCUT2D eigenvalue weighted by atomic mass is 19.1. The third-order valence-electron chi connectivity index (χ3n) is 7.10. The molecule has 1 amide bonds. The van der Waals surface area contributed by atoms with Crippen LogP contribution in [0.4, 0.5) is 15.8 Å². The molecule has 5 nitrogen and oxygen atoms in total. The number of nitrogens with zero attached hydrogens (tertiary/aromatic N) is 1. The number of Topliss-reactive ketones (excluding diaryl/α,β-unsaturated/α-hetero) is 1. The zero-order valence-electron chi connectivity index (χ0n) is 21.3. The summed E-state index contributed by atoms with van der Waals surface area (Å²) in [6.07, 6.45) is 1.74. The molecule has 0 spiro atoms. The van der Waals surface area contributed by atoms with Crippen molar-refractivity contribution in [3.8, 4) is 0 Å². The lowest BCUT2D eigenvalue weighted by atomic mass is 9.73. The van der Waals surface area contributed by atoms with E-state index in [4.69, 9.17) is 0 Å². The van der Waals surface area contributed by atoms with E-state index in [1.807, 2.05) is 59.5 Å². The molecule has 0 radical (unpaired) electrons. The van der Waals surface area contributed by atoms with Crippen LogP contribution in [0, 0.1) is 11.2 Å². The van der Waals surface area contributed by atoms with Gasteiger partial charge >= 0.3 is 0 Å². The molecule has 0 bridgehead atoms. The van der Waals surface area contributed by atoms with Crippen molar-refractivity contribution in [3.05, 3.63) is 107 Å². The Morgan fingerprint density at radius 3 is 2.49 bits per heavy atom. The zero-order chi connectivity index (χ0) is 26.0. The second kappa shape index (κ2) is 10.2. The molecule has 0 saturated heterocycles. The number of benzene rings is 3. The summed E-state index contributed by atoms with van der Waals surface area (Å²) in [7, 11) is 0. The van der Waals surface area contributed by atoms with Crippen LogP contribution in [0.3, 0.4) is 0 Å². The van der Waals surface area contributed by atoms with E-state index < -0.39 is 11.9 Å². The smallest absolute Gasteiger partial charge is 0.239 e. The second-order valence-corrected chi connectivity index (χ2v) is 10.6. The van der Waals surface area contributed by atoms with Crippen LogP contribution in [0.5, 0.6) is 0 Å². The molecule has 1 heterocycles. The topological polar surface area (TPSA) is 61.4 Å². The maximum atomic E-state index is 15.3. The minimum Gasteiger partial charge on any atom is -0.357 e. The van der Waals surface area contributed by atoms with E-state index in [9.17, 15) is 9.59 Å². The fourth-order valence-electron chi connectivity index (χ4n) is 5.45. The van der Waals surface area contributed by atoms with Crippen LogP contribution in [0.2, 0.25) is 0 Å². The standard InChI is InChI=1S/C31H32FN3O2/c1-31(2)18-25-29(27(36)19-31)30(22-12-6-7-13-23(22)32)35(26-15-9-8-14-24(26)34-25)20-28(37)33-17-16-21-10-4-3-5-11-21/h3-15,30,34H,16-20H2,1-2H3,(H,33,37). The number of hydrogen-bond donors (Lipinski definition) is 2. The fraction of sp³-hybridized carbons (Fsp3) is 0.290. The average molecular weight is 498 g/mol. The first-order chi connectivity index (χ1) is 17.8. The fourth-order valence-corrected chi connectivity index (χ4v) is 5.45. The van der Waals surface area contributed by atoms with Gasteiger partial charge in [-0.3, -0.25) is 9.59 Å². The van der Waals surface area contributed by atoms with Gasteiger partial charge < -0.3 is 15.5 Å². The van der Waals surface area contributed by atoms with Gasteiger partial charge in [0.1, 0.15) is 5.82 Å². The quantitative estimate of drug-likeness (QED) is 0.452. The monoisotopic (exact) mass is 497 g/mol. The number of halogens is 1. The molecular weight excluding hydrogens is 465 g/mol. The number of ketones is 1. The van der Waals surface area contributed by atoms with Crippen molar-refractivity contribution in [1.82, 2.24) is 5.32 Å². The van der Waals surface area contributed by atoms with E-state index in [0.717, 1.165) is 22.6 Å². The van der Waals surface area contributed by atoms with Crippen molar-refractivity contribution in [2.24, 2.45) is 5.41 Å². The van der Waals surface area contributed by atoms with Crippen LogP contribution in [0.25, 0.3) is 0 Å². The Morgan fingerprint density at radius 2 is 1.70 bits per heavy atom. The third-order valence-corrected chi connectivity index (χ3v) is 7.10. The van der Waals surface area contributed by atoms with Crippen LogP contribution in [-0.2, 0) is 16.0 Å². The summed E-state index contributed by atoms with van der Waals surface area (Å²) in [6, 6.07) is 23.5. The molecule has 2 N–H and O–H groups in total. The average Bonchev–Trinajstić information content (AvgIpc) is 2.99. The Hall–Kier alpha value is -3.93. The molecule has 5 rings (SSSR count). The summed E-state index contributed by atoms with van der Waals surface area (Å²) in [5.74, 6) is -0.597. The molecule has 1 aliphatic heterocycles. The van der Waals surface area contributed by atoms with Gasteiger partial charge in [0, 0.05) is 29.8 Å². The second-order valence-electron chi connectivity index (χ2n) is 10.6. The maximum Gasteiger partial charge on any atom is 0.239 e. The number of para-hydroxylation sites is 2. The van der Waals surface area contributed by atoms with Crippen molar-refractivity contribution < 1.29 is 14.0 Å². The van der Waals surface area contributed by atoms with Crippen molar-refractivity contribution in [2.75, 3.05) is 23.3 Å². The molecule has 1 atom stereocenters. The summed E-state index contributed by atoms with van der Waals surface area (Å²) < 4.78 is 15.3. The van der Waals surface area contributed by atoms with Gasteiger partial charge in [-0.25, -0.2) is 4.39 Å². The highest BCUT2D eigenvalue weighted by molar-refractivity contribution is 6.01. The zero-order valence-corrected chi connectivity index (χ0v) is 21.3. The van der Waals surface area contributed by atoms with Crippen molar-refractivity contribution in [1.29, 1.82) is 0 Å². The highest BCUT2D eigenvalue weighted by Crippen LogP contribution is 2.48. The van der Waals surface area contributed by atoms with Crippen LogP contribution < -0.4 is 15.5 Å². The molecule has 3 aromatic rings. The van der Waals surface area contributed by atoms with Crippen molar-refractivity contribution in [3.63, 3.8) is 0 Å². The number of anilines is 2. The number of carbonyl (C=O) groups excluding carboxylic acids is 2. The molecular formula is C31H32FN3O2. The highest BCUT2D eigenvalue weighted by Gasteiger charge is 2.42. The molecule has 1 aliphatic carbocycles. The molecule has 6 heteroatoms. The number of fused-ring (bicyclic) bond motifs is 1. The van der Waals surface area contributed by atoms with Crippen LogP contribution >= 0.6 is 0 Å².